The van der Waals surface area contributed by atoms with Gasteiger partial charge in [0.15, 0.2) is 11.9 Å². The van der Waals surface area contributed by atoms with Crippen LogP contribution in [0.1, 0.15) is 22.8 Å². The normalized spacial score (nSPS) is 9.28. The van der Waals surface area contributed by atoms with E-state index in [0.717, 1.165) is 0 Å². The fourth-order valence-electron chi connectivity index (χ4n) is 3.39. The topological polar surface area (TPSA) is 563 Å². The maximum absolute atomic E-state index is 8.61. The first-order chi connectivity index (χ1) is 31.2. The summed E-state index contributed by atoms with van der Waals surface area (Å²) in [5, 5.41) is 124. The van der Waals surface area contributed by atoms with Crippen molar-refractivity contribution in [2.45, 2.75) is 26.4 Å². The van der Waals surface area contributed by atoms with Gasteiger partial charge in [-0.1, -0.05) is 12.1 Å². The summed E-state index contributed by atoms with van der Waals surface area (Å²) in [6.45, 7) is -0.302. The number of hydrogen-bond donors (Lipinski definition) is 6. The van der Waals surface area contributed by atoms with E-state index in [9.17, 15) is 0 Å². The Labute approximate surface area is 415 Å². The summed E-state index contributed by atoms with van der Waals surface area (Å²) in [5.74, 6) is -0.498. The molecule has 0 atom stereocenters. The summed E-state index contributed by atoms with van der Waals surface area (Å²) in [6.07, 6.45) is 12.5. The van der Waals surface area contributed by atoms with Crippen LogP contribution in [0, 0.1) is 72.1 Å². The second-order valence-corrected chi connectivity index (χ2v) is 10.1. The molecule has 0 aromatic carbocycles. The Morgan fingerprint density at radius 3 is 0.855 bits per heavy atom. The van der Waals surface area contributed by atoms with Gasteiger partial charge in [0.2, 0.25) is 0 Å². The summed E-state index contributed by atoms with van der Waals surface area (Å²) in [4.78, 5) is 48.3. The Morgan fingerprint density at radius 2 is 0.681 bits per heavy atom. The third-order valence-electron chi connectivity index (χ3n) is 5.69. The Morgan fingerprint density at radius 1 is 0.478 bits per heavy atom. The van der Waals surface area contributed by atoms with Crippen molar-refractivity contribution in [2.24, 2.45) is 9.98 Å². The molecule has 0 aliphatic heterocycles. The fraction of sp³-hybridized carbons (Fsp3) is 0.133. The first kappa shape index (κ1) is 69.6. The quantitative estimate of drug-likeness (QED) is 0.0467. The summed E-state index contributed by atoms with van der Waals surface area (Å²) in [7, 11) is 0. The van der Waals surface area contributed by atoms with Gasteiger partial charge in [-0.05, 0) is 60.9 Å². The number of pyridine rings is 2. The van der Waals surface area contributed by atoms with Crippen LogP contribution in [-0.2, 0) is 76.5 Å². The summed E-state index contributed by atoms with van der Waals surface area (Å²) in [6, 6.07) is 17.1. The molecule has 6 rings (SSSR count). The fourth-order valence-corrected chi connectivity index (χ4v) is 3.39. The zero-order chi connectivity index (χ0) is 50.5. The molecule has 69 heavy (non-hydrogen) atoms. The summed E-state index contributed by atoms with van der Waals surface area (Å²) >= 11 is 0. The number of aliphatic hydroxyl groups is 4. The minimum Gasteiger partial charge on any atom is -0.409 e. The SMILES string of the molecule is N=C(/N=C(\[NH-])n1cccn1)n1cccn1.N=C(/N=C(\[NH-])n1cccn1)n1cccn1.O=[N+]([O-])[O-].O=[N+]([O-])[O-].O=[N+]([O-])[O-].O=[N+]([O-])[O-].OCc1cccc(CO)n1.OCc1cccc(CO)n1.[Cu+2].[Ni+2].[Ni+2]. The van der Waals surface area contributed by atoms with E-state index in [1.807, 2.05) is 0 Å². The van der Waals surface area contributed by atoms with Crippen molar-refractivity contribution < 1.29 is 90.8 Å². The van der Waals surface area contributed by atoms with E-state index >= 15 is 0 Å². The molecule has 0 unspecified atom stereocenters. The second kappa shape index (κ2) is 42.2. The van der Waals surface area contributed by atoms with Gasteiger partial charge < -0.3 is 113 Å². The predicted molar refractivity (Wildman–Crippen MR) is 223 cm³/mol. The molecule has 6 aromatic rings. The van der Waals surface area contributed by atoms with E-state index in [2.05, 4.69) is 40.3 Å². The van der Waals surface area contributed by atoms with E-state index in [1.165, 1.54) is 18.7 Å². The van der Waals surface area contributed by atoms with Crippen molar-refractivity contribution in [2.75, 3.05) is 0 Å². The first-order valence-corrected chi connectivity index (χ1v) is 16.6. The van der Waals surface area contributed by atoms with Crippen LogP contribution in [0.5, 0.6) is 0 Å². The molecule has 0 aliphatic rings. The third-order valence-corrected chi connectivity index (χ3v) is 5.69. The standard InChI is InChI=1S/2C8H8N7.2C7H9NO2.Cu.4NO3.2Ni/c2*9-7(14-5-1-3-11-14)13-8(10)15-6-2-4-12-15;2*9-4-6-2-1-3-7(5-10)8-6;;4*2-1(3)4;;/h2*1-6H,(H2-,9,10,13);2*1-3,9-10H,4-5H2;;;;;;;/q2*-1;;;+2;4*-1;2*+2. The number of aliphatic imine (C=N–C) groups is 2. The molecular weight excluding hydrogens is 1080 g/mol. The minimum absolute atomic E-state index is 0. The molecule has 0 aliphatic carbocycles. The molecule has 0 spiro atoms. The maximum atomic E-state index is 8.61. The van der Waals surface area contributed by atoms with Crippen LogP contribution in [-0.4, -0.2) is 114 Å². The van der Waals surface area contributed by atoms with Crippen LogP contribution >= 0.6 is 0 Å². The number of rotatable bonds is 4. The van der Waals surface area contributed by atoms with Crippen molar-refractivity contribution in [1.82, 2.24) is 49.1 Å². The predicted octanol–water partition coefficient (Wildman–Crippen LogP) is 0.806. The van der Waals surface area contributed by atoms with Gasteiger partial charge >= 0.3 is 50.1 Å². The van der Waals surface area contributed by atoms with E-state index in [0.29, 0.717) is 22.8 Å². The van der Waals surface area contributed by atoms with Gasteiger partial charge in [-0.25, -0.2) is 19.6 Å². The van der Waals surface area contributed by atoms with Crippen LogP contribution in [0.25, 0.3) is 11.5 Å². The molecule has 6 heterocycles. The summed E-state index contributed by atoms with van der Waals surface area (Å²) in [5.41, 5.74) is 17.4. The van der Waals surface area contributed by atoms with Gasteiger partial charge in [0.25, 0.3) is 0 Å². The van der Waals surface area contributed by atoms with Crippen LogP contribution in [0.4, 0.5) is 0 Å². The first-order valence-electron chi connectivity index (χ1n) is 16.6. The van der Waals surface area contributed by atoms with Gasteiger partial charge in [0.1, 0.15) is 0 Å². The van der Waals surface area contributed by atoms with Gasteiger partial charge in [0, 0.05) is 49.1 Å². The van der Waals surface area contributed by atoms with E-state index in [-0.39, 0.29) is 100 Å². The number of aliphatic hydroxyl groups excluding tert-OH is 4. The zero-order valence-corrected chi connectivity index (χ0v) is 36.9. The minimum atomic E-state index is -1.75. The van der Waals surface area contributed by atoms with Crippen LogP contribution in [0.15, 0.2) is 120 Å². The van der Waals surface area contributed by atoms with Gasteiger partial charge in [-0.3, -0.25) is 20.8 Å². The van der Waals surface area contributed by atoms with Crippen molar-refractivity contribution in [1.29, 1.82) is 10.8 Å². The molecule has 39 heteroatoms. The van der Waals surface area contributed by atoms with Crippen molar-refractivity contribution >= 4 is 23.8 Å². The molecule has 0 saturated carbocycles. The van der Waals surface area contributed by atoms with Crippen LogP contribution in [0.3, 0.4) is 0 Å². The number of nitrogens with one attached hydrogen (secondary N) is 4. The summed E-state index contributed by atoms with van der Waals surface area (Å²) < 4.78 is 5.05. The molecule has 381 valence electrons. The Balaban J connectivity index is -0.000000238. The van der Waals surface area contributed by atoms with Crippen LogP contribution in [0.2, 0.25) is 0 Å². The average Bonchev–Trinajstić information content (AvgIpc) is 4.12. The monoisotopic (exact) mass is 1110 g/mol. The largest absolute Gasteiger partial charge is 2.00 e. The van der Waals surface area contributed by atoms with Crippen molar-refractivity contribution in [3.63, 3.8) is 0 Å². The van der Waals surface area contributed by atoms with Gasteiger partial charge in [0.05, 0.1) is 69.5 Å². The molecule has 36 nitrogen and oxygen atoms in total. The Kier molecular flexibility index (Phi) is 42.6. The van der Waals surface area contributed by atoms with E-state index in [1.54, 1.807) is 110 Å². The molecule has 0 saturated heterocycles. The number of hydrogen-bond acceptors (Lipinski definition) is 24. The molecule has 0 bridgehead atoms. The van der Waals surface area contributed by atoms with Crippen molar-refractivity contribution in [3.8, 4) is 0 Å². The molecule has 1 radical (unpaired) electrons. The number of aromatic nitrogens is 10. The van der Waals surface area contributed by atoms with E-state index in [4.69, 9.17) is 104 Å². The molecule has 6 aromatic heterocycles. The maximum Gasteiger partial charge on any atom is 2.00 e. The van der Waals surface area contributed by atoms with Gasteiger partial charge in [-0.15, -0.1) is 0 Å². The zero-order valence-electron chi connectivity index (χ0n) is 34.0. The third kappa shape index (κ3) is 38.5. The van der Waals surface area contributed by atoms with Gasteiger partial charge in [-0.2, -0.15) is 10.2 Å². The second-order valence-electron chi connectivity index (χ2n) is 10.1. The van der Waals surface area contributed by atoms with Crippen LogP contribution < -0.4 is 0 Å². The average molecular weight is 1110 g/mol. The van der Waals surface area contributed by atoms with Crippen molar-refractivity contribution in [3.05, 3.63) is 206 Å². The molecular formula is C30H34CuN20Ni2O16. The Bertz CT molecular complexity index is 2120. The Hall–Kier alpha value is -8.43. The van der Waals surface area contributed by atoms with E-state index < -0.39 is 20.3 Å². The molecule has 0 fully saturated rings. The molecule has 0 amide bonds. The number of nitrogens with zero attached hydrogens (tertiary/aromatic N) is 16. The smallest absolute Gasteiger partial charge is 0.409 e. The molecule has 8 N–H and O–H groups in total.